The topological polar surface area (TPSA) is 47.0 Å². The largest absolute Gasteiger partial charge is 0.508 e. The molecule has 1 fully saturated rings. The number of carbonyl (C=O) groups is 1. The molecule has 3 aromatic carbocycles. The quantitative estimate of drug-likeness (QED) is 0.446. The number of carbonyl (C=O) groups excluding carboxylic acids is 1. The third kappa shape index (κ3) is 6.01. The standard InChI is InChI=1S/C29H34FN3O2/c1-3-32(4-2)29(35)23-11-13-25(14-12-23)33(27-9-6-10-28(34)20-27)26-15-17-31(18-16-26)21-22-7-5-8-24(30)19-22/h5-14,19-20,26,34H,3-4,15-18,21H2,1-2H3. The van der Waals surface area contributed by atoms with E-state index in [2.05, 4.69) is 9.80 Å². The summed E-state index contributed by atoms with van der Waals surface area (Å²) in [6.45, 7) is 7.87. The van der Waals surface area contributed by atoms with Crippen LogP contribution in [0.15, 0.2) is 72.8 Å². The highest BCUT2D eigenvalue weighted by Gasteiger charge is 2.27. The fraction of sp³-hybridized carbons (Fsp3) is 0.345. The molecule has 0 spiro atoms. The van der Waals surface area contributed by atoms with Crippen LogP contribution in [0.3, 0.4) is 0 Å². The maximum absolute atomic E-state index is 13.6. The van der Waals surface area contributed by atoms with Gasteiger partial charge < -0.3 is 14.9 Å². The molecule has 1 heterocycles. The first-order valence-corrected chi connectivity index (χ1v) is 12.4. The van der Waals surface area contributed by atoms with Crippen LogP contribution in [0.1, 0.15) is 42.6 Å². The van der Waals surface area contributed by atoms with Crippen molar-refractivity contribution in [2.75, 3.05) is 31.1 Å². The number of phenolic OH excluding ortho intramolecular Hbond substituents is 1. The van der Waals surface area contributed by atoms with Gasteiger partial charge in [0.25, 0.3) is 5.91 Å². The summed E-state index contributed by atoms with van der Waals surface area (Å²) in [6, 6.07) is 22.2. The molecule has 5 nitrogen and oxygen atoms in total. The second kappa shape index (κ2) is 11.4. The summed E-state index contributed by atoms with van der Waals surface area (Å²) in [7, 11) is 0. The summed E-state index contributed by atoms with van der Waals surface area (Å²) >= 11 is 0. The van der Waals surface area contributed by atoms with Crippen LogP contribution in [0, 0.1) is 5.82 Å². The van der Waals surface area contributed by atoms with Crippen molar-refractivity contribution < 1.29 is 14.3 Å². The Morgan fingerprint density at radius 3 is 2.26 bits per heavy atom. The highest BCUT2D eigenvalue weighted by atomic mass is 19.1. The second-order valence-electron chi connectivity index (χ2n) is 9.05. The maximum atomic E-state index is 13.6. The van der Waals surface area contributed by atoms with Crippen molar-refractivity contribution >= 4 is 17.3 Å². The van der Waals surface area contributed by atoms with Gasteiger partial charge in [0.15, 0.2) is 0 Å². The first kappa shape index (κ1) is 24.7. The minimum absolute atomic E-state index is 0.0381. The van der Waals surface area contributed by atoms with Gasteiger partial charge in [0.05, 0.1) is 0 Å². The van der Waals surface area contributed by atoms with Crippen LogP contribution in [0.4, 0.5) is 15.8 Å². The van der Waals surface area contributed by atoms with Crippen LogP contribution in [0.2, 0.25) is 0 Å². The lowest BCUT2D eigenvalue weighted by Crippen LogP contribution is -2.43. The van der Waals surface area contributed by atoms with Crippen molar-refractivity contribution in [3.8, 4) is 5.75 Å². The number of hydrogen-bond donors (Lipinski definition) is 1. The molecule has 1 N–H and O–H groups in total. The lowest BCUT2D eigenvalue weighted by atomic mass is 10.00. The van der Waals surface area contributed by atoms with Crippen LogP contribution in [0.25, 0.3) is 0 Å². The number of nitrogens with zero attached hydrogens (tertiary/aromatic N) is 3. The Kier molecular flexibility index (Phi) is 8.03. The van der Waals surface area contributed by atoms with Crippen molar-refractivity contribution in [3.63, 3.8) is 0 Å². The van der Waals surface area contributed by atoms with Crippen LogP contribution in [-0.2, 0) is 6.54 Å². The summed E-state index contributed by atoms with van der Waals surface area (Å²) in [5.74, 6) is 0.0656. The molecule has 0 radical (unpaired) electrons. The van der Waals surface area contributed by atoms with Gasteiger partial charge in [-0.2, -0.15) is 0 Å². The lowest BCUT2D eigenvalue weighted by Gasteiger charge is -2.40. The normalized spacial score (nSPS) is 14.6. The first-order valence-electron chi connectivity index (χ1n) is 12.4. The number of likely N-dealkylation sites (tertiary alicyclic amines) is 1. The number of aromatic hydroxyl groups is 1. The van der Waals surface area contributed by atoms with E-state index in [9.17, 15) is 14.3 Å². The van der Waals surface area contributed by atoms with Gasteiger partial charge in [-0.05, 0) is 80.8 Å². The van der Waals surface area contributed by atoms with Crippen molar-refractivity contribution in [2.45, 2.75) is 39.3 Å². The first-order chi connectivity index (χ1) is 17.0. The Balaban J connectivity index is 1.53. The molecule has 3 aromatic rings. The number of rotatable bonds is 8. The summed E-state index contributed by atoms with van der Waals surface area (Å²) in [5.41, 5.74) is 3.59. The molecule has 184 valence electrons. The summed E-state index contributed by atoms with van der Waals surface area (Å²) in [5, 5.41) is 10.2. The predicted molar refractivity (Wildman–Crippen MR) is 139 cm³/mol. The van der Waals surface area contributed by atoms with Gasteiger partial charge in [-0.3, -0.25) is 9.69 Å². The molecule has 1 aliphatic rings. The van der Waals surface area contributed by atoms with Crippen molar-refractivity contribution in [1.29, 1.82) is 0 Å². The van der Waals surface area contributed by atoms with E-state index in [1.54, 1.807) is 24.3 Å². The van der Waals surface area contributed by atoms with E-state index in [4.69, 9.17) is 0 Å². The van der Waals surface area contributed by atoms with Crippen molar-refractivity contribution in [2.24, 2.45) is 0 Å². The average Bonchev–Trinajstić information content (AvgIpc) is 2.86. The highest BCUT2D eigenvalue weighted by molar-refractivity contribution is 5.94. The Morgan fingerprint density at radius 2 is 1.63 bits per heavy atom. The lowest BCUT2D eigenvalue weighted by molar-refractivity contribution is 0.0773. The summed E-state index contributed by atoms with van der Waals surface area (Å²) < 4.78 is 13.6. The van der Waals surface area contributed by atoms with Gasteiger partial charge in [0, 0.05) is 61.8 Å². The van der Waals surface area contributed by atoms with Crippen LogP contribution >= 0.6 is 0 Å². The molecular formula is C29H34FN3O2. The van der Waals surface area contributed by atoms with E-state index in [1.165, 1.54) is 6.07 Å². The molecule has 4 rings (SSSR count). The predicted octanol–water partition coefficient (Wildman–Crippen LogP) is 5.82. The molecule has 1 saturated heterocycles. The Labute approximate surface area is 207 Å². The zero-order chi connectivity index (χ0) is 24.8. The number of phenols is 1. The van der Waals surface area contributed by atoms with E-state index < -0.39 is 0 Å². The van der Waals surface area contributed by atoms with Gasteiger partial charge in [-0.1, -0.05) is 18.2 Å². The third-order valence-corrected chi connectivity index (χ3v) is 6.77. The van der Waals surface area contributed by atoms with E-state index in [0.717, 1.165) is 49.4 Å². The van der Waals surface area contributed by atoms with E-state index >= 15 is 0 Å². The Morgan fingerprint density at radius 1 is 0.943 bits per heavy atom. The zero-order valence-corrected chi connectivity index (χ0v) is 20.5. The minimum Gasteiger partial charge on any atom is -0.508 e. The second-order valence-corrected chi connectivity index (χ2v) is 9.05. The van der Waals surface area contributed by atoms with E-state index in [1.807, 2.05) is 61.2 Å². The molecule has 0 aromatic heterocycles. The molecular weight excluding hydrogens is 441 g/mol. The number of benzene rings is 3. The average molecular weight is 476 g/mol. The fourth-order valence-electron chi connectivity index (χ4n) is 4.90. The molecule has 1 aliphatic heterocycles. The molecule has 0 bridgehead atoms. The third-order valence-electron chi connectivity index (χ3n) is 6.77. The molecule has 0 aliphatic carbocycles. The Bertz CT molecular complexity index is 1120. The molecule has 0 atom stereocenters. The molecule has 1 amide bonds. The van der Waals surface area contributed by atoms with Crippen LogP contribution < -0.4 is 4.90 Å². The smallest absolute Gasteiger partial charge is 0.253 e. The van der Waals surface area contributed by atoms with Crippen molar-refractivity contribution in [3.05, 3.63) is 89.7 Å². The van der Waals surface area contributed by atoms with Gasteiger partial charge in [-0.15, -0.1) is 0 Å². The molecule has 35 heavy (non-hydrogen) atoms. The molecule has 0 unspecified atom stereocenters. The number of piperidine rings is 1. The van der Waals surface area contributed by atoms with Crippen LogP contribution in [-0.4, -0.2) is 53.0 Å². The van der Waals surface area contributed by atoms with Gasteiger partial charge in [0.2, 0.25) is 0 Å². The van der Waals surface area contributed by atoms with Gasteiger partial charge in [0.1, 0.15) is 11.6 Å². The summed E-state index contributed by atoms with van der Waals surface area (Å²) in [6.07, 6.45) is 1.87. The van der Waals surface area contributed by atoms with Gasteiger partial charge in [-0.25, -0.2) is 4.39 Å². The maximum Gasteiger partial charge on any atom is 0.253 e. The summed E-state index contributed by atoms with van der Waals surface area (Å²) in [4.78, 5) is 19.2. The minimum atomic E-state index is -0.199. The molecule has 0 saturated carbocycles. The van der Waals surface area contributed by atoms with E-state index in [0.29, 0.717) is 18.7 Å². The number of halogens is 1. The number of anilines is 2. The zero-order valence-electron chi connectivity index (χ0n) is 20.5. The monoisotopic (exact) mass is 475 g/mol. The van der Waals surface area contributed by atoms with Crippen molar-refractivity contribution in [1.82, 2.24) is 9.80 Å². The fourth-order valence-corrected chi connectivity index (χ4v) is 4.90. The molecule has 6 heteroatoms. The number of amides is 1. The highest BCUT2D eigenvalue weighted by Crippen LogP contribution is 2.34. The SMILES string of the molecule is CCN(CC)C(=O)c1ccc(N(c2cccc(O)c2)C2CCN(Cc3cccc(F)c3)CC2)cc1. The Hall–Kier alpha value is -3.38. The van der Waals surface area contributed by atoms with Crippen LogP contribution in [0.5, 0.6) is 5.75 Å². The number of hydrogen-bond acceptors (Lipinski definition) is 4. The van der Waals surface area contributed by atoms with E-state index in [-0.39, 0.29) is 23.5 Å². The van der Waals surface area contributed by atoms with Gasteiger partial charge >= 0.3 is 0 Å².